The summed E-state index contributed by atoms with van der Waals surface area (Å²) >= 11 is 0. The predicted octanol–water partition coefficient (Wildman–Crippen LogP) is 1.52. The Labute approximate surface area is 121 Å². The van der Waals surface area contributed by atoms with Crippen molar-refractivity contribution in [2.24, 2.45) is 5.92 Å². The zero-order valence-electron chi connectivity index (χ0n) is 13.3. The lowest BCUT2D eigenvalue weighted by atomic mass is 10.0. The van der Waals surface area contributed by atoms with E-state index in [2.05, 4.69) is 29.4 Å². The van der Waals surface area contributed by atoms with Gasteiger partial charge in [-0.3, -0.25) is 0 Å². The first-order valence-electron chi connectivity index (χ1n) is 7.25. The van der Waals surface area contributed by atoms with Gasteiger partial charge >= 0.3 is 12.0 Å². The molecule has 118 valence electrons. The molecular weight excluding hydrogens is 258 g/mol. The SMILES string of the molecule is CCC(C)N(C)CCNC(=O)NC(CC(C)C)C(=O)O. The highest BCUT2D eigenvalue weighted by molar-refractivity contribution is 5.82. The minimum absolute atomic E-state index is 0.216. The summed E-state index contributed by atoms with van der Waals surface area (Å²) in [6.07, 6.45) is 1.48. The number of hydrogen-bond donors (Lipinski definition) is 3. The third kappa shape index (κ3) is 7.99. The van der Waals surface area contributed by atoms with Crippen LogP contribution in [0.25, 0.3) is 0 Å². The van der Waals surface area contributed by atoms with Crippen LogP contribution in [0.1, 0.15) is 40.5 Å². The van der Waals surface area contributed by atoms with Crippen LogP contribution in [0.4, 0.5) is 4.79 Å². The summed E-state index contributed by atoms with van der Waals surface area (Å²) in [5, 5.41) is 14.2. The van der Waals surface area contributed by atoms with E-state index in [4.69, 9.17) is 5.11 Å². The average Bonchev–Trinajstić information content (AvgIpc) is 2.36. The number of nitrogens with zero attached hydrogens (tertiary/aromatic N) is 1. The Kier molecular flexibility index (Phi) is 8.96. The summed E-state index contributed by atoms with van der Waals surface area (Å²) in [6, 6.07) is -0.787. The molecule has 3 N–H and O–H groups in total. The number of amides is 2. The Balaban J connectivity index is 4.05. The minimum Gasteiger partial charge on any atom is -0.480 e. The van der Waals surface area contributed by atoms with E-state index in [0.29, 0.717) is 19.0 Å². The standard InChI is InChI=1S/C14H29N3O3/c1-6-11(4)17(5)8-7-15-14(20)16-12(13(18)19)9-10(2)3/h10-12H,6-9H2,1-5H3,(H,18,19)(H2,15,16,20). The topological polar surface area (TPSA) is 81.7 Å². The average molecular weight is 287 g/mol. The normalized spacial score (nSPS) is 14.2. The van der Waals surface area contributed by atoms with Gasteiger partial charge < -0.3 is 20.6 Å². The first-order valence-corrected chi connectivity index (χ1v) is 7.25. The molecule has 0 rings (SSSR count). The van der Waals surface area contributed by atoms with E-state index in [1.54, 1.807) is 0 Å². The Hall–Kier alpha value is -1.30. The number of urea groups is 1. The fourth-order valence-corrected chi connectivity index (χ4v) is 1.78. The molecule has 2 atom stereocenters. The summed E-state index contributed by atoms with van der Waals surface area (Å²) in [7, 11) is 2.01. The lowest BCUT2D eigenvalue weighted by Gasteiger charge is -2.23. The molecule has 2 unspecified atom stereocenters. The third-order valence-corrected chi connectivity index (χ3v) is 3.40. The first-order chi connectivity index (χ1) is 9.27. The van der Waals surface area contributed by atoms with Crippen LogP contribution >= 0.6 is 0 Å². The molecule has 6 heteroatoms. The highest BCUT2D eigenvalue weighted by Gasteiger charge is 2.20. The summed E-state index contributed by atoms with van der Waals surface area (Å²) in [4.78, 5) is 24.8. The number of aliphatic carboxylic acids is 1. The summed E-state index contributed by atoms with van der Waals surface area (Å²) in [6.45, 7) is 9.34. The number of likely N-dealkylation sites (N-methyl/N-ethyl adjacent to an activating group) is 1. The van der Waals surface area contributed by atoms with Crippen LogP contribution in [0, 0.1) is 5.92 Å². The van der Waals surface area contributed by atoms with Gasteiger partial charge in [0.25, 0.3) is 0 Å². The van der Waals surface area contributed by atoms with E-state index < -0.39 is 18.0 Å². The molecular formula is C14H29N3O3. The van der Waals surface area contributed by atoms with Crippen LogP contribution in [0.2, 0.25) is 0 Å². The highest BCUT2D eigenvalue weighted by Crippen LogP contribution is 2.04. The van der Waals surface area contributed by atoms with E-state index in [0.717, 1.165) is 13.0 Å². The Morgan fingerprint density at radius 1 is 1.25 bits per heavy atom. The van der Waals surface area contributed by atoms with Gasteiger partial charge in [-0.05, 0) is 32.7 Å². The molecule has 0 bridgehead atoms. The molecule has 0 aromatic heterocycles. The zero-order chi connectivity index (χ0) is 15.7. The van der Waals surface area contributed by atoms with Crippen LogP contribution in [-0.4, -0.2) is 54.2 Å². The molecule has 6 nitrogen and oxygen atoms in total. The molecule has 0 fully saturated rings. The maximum atomic E-state index is 11.7. The van der Waals surface area contributed by atoms with Crippen LogP contribution in [-0.2, 0) is 4.79 Å². The minimum atomic E-state index is -0.995. The van der Waals surface area contributed by atoms with Crippen LogP contribution in [0.5, 0.6) is 0 Å². The molecule has 0 radical (unpaired) electrons. The lowest BCUT2D eigenvalue weighted by Crippen LogP contribution is -2.48. The van der Waals surface area contributed by atoms with Gasteiger partial charge in [-0.2, -0.15) is 0 Å². The van der Waals surface area contributed by atoms with Crippen molar-refractivity contribution in [3.63, 3.8) is 0 Å². The van der Waals surface area contributed by atoms with Crippen molar-refractivity contribution in [3.8, 4) is 0 Å². The number of nitrogens with one attached hydrogen (secondary N) is 2. The molecule has 0 aliphatic rings. The number of carboxylic acid groups (broad SMARTS) is 1. The van der Waals surface area contributed by atoms with E-state index in [-0.39, 0.29) is 5.92 Å². The lowest BCUT2D eigenvalue weighted by molar-refractivity contribution is -0.139. The van der Waals surface area contributed by atoms with Crippen LogP contribution in [0.15, 0.2) is 0 Å². The fourth-order valence-electron chi connectivity index (χ4n) is 1.78. The smallest absolute Gasteiger partial charge is 0.326 e. The van der Waals surface area contributed by atoms with Crippen molar-refractivity contribution in [3.05, 3.63) is 0 Å². The maximum absolute atomic E-state index is 11.7. The van der Waals surface area contributed by atoms with Crippen molar-refractivity contribution in [1.82, 2.24) is 15.5 Å². The Morgan fingerprint density at radius 3 is 2.30 bits per heavy atom. The molecule has 0 spiro atoms. The second-order valence-corrected chi connectivity index (χ2v) is 5.66. The van der Waals surface area contributed by atoms with Crippen molar-refractivity contribution in [2.45, 2.75) is 52.6 Å². The van der Waals surface area contributed by atoms with Gasteiger partial charge in [-0.1, -0.05) is 20.8 Å². The molecule has 0 aliphatic heterocycles. The Bertz CT molecular complexity index is 308. The van der Waals surface area contributed by atoms with Gasteiger partial charge in [0.15, 0.2) is 0 Å². The summed E-state index contributed by atoms with van der Waals surface area (Å²) in [5.74, 6) is -0.779. The molecule has 0 aliphatic carbocycles. The molecule has 0 aromatic rings. The number of carbonyl (C=O) groups excluding carboxylic acids is 1. The van der Waals surface area contributed by atoms with Crippen molar-refractivity contribution < 1.29 is 14.7 Å². The maximum Gasteiger partial charge on any atom is 0.326 e. The van der Waals surface area contributed by atoms with Gasteiger partial charge in [0.05, 0.1) is 0 Å². The highest BCUT2D eigenvalue weighted by atomic mass is 16.4. The molecule has 0 aromatic carbocycles. The predicted molar refractivity (Wildman–Crippen MR) is 79.8 cm³/mol. The number of carboxylic acids is 1. The van der Waals surface area contributed by atoms with Gasteiger partial charge in [0, 0.05) is 19.1 Å². The van der Waals surface area contributed by atoms with Gasteiger partial charge in [-0.25, -0.2) is 9.59 Å². The number of rotatable bonds is 9. The van der Waals surface area contributed by atoms with Crippen molar-refractivity contribution in [2.75, 3.05) is 20.1 Å². The molecule has 2 amide bonds. The van der Waals surface area contributed by atoms with Gasteiger partial charge in [0.2, 0.25) is 0 Å². The van der Waals surface area contributed by atoms with Crippen molar-refractivity contribution >= 4 is 12.0 Å². The largest absolute Gasteiger partial charge is 0.480 e. The molecule has 0 heterocycles. The second kappa shape index (κ2) is 9.58. The zero-order valence-corrected chi connectivity index (χ0v) is 13.3. The van der Waals surface area contributed by atoms with E-state index in [1.807, 2.05) is 20.9 Å². The molecule has 0 saturated carbocycles. The van der Waals surface area contributed by atoms with E-state index in [9.17, 15) is 9.59 Å². The summed E-state index contributed by atoms with van der Waals surface area (Å²) in [5.41, 5.74) is 0. The van der Waals surface area contributed by atoms with Crippen LogP contribution < -0.4 is 10.6 Å². The first kappa shape index (κ1) is 18.7. The molecule has 20 heavy (non-hydrogen) atoms. The fraction of sp³-hybridized carbons (Fsp3) is 0.857. The number of hydrogen-bond acceptors (Lipinski definition) is 3. The number of carbonyl (C=O) groups is 2. The van der Waals surface area contributed by atoms with E-state index in [1.165, 1.54) is 0 Å². The Morgan fingerprint density at radius 2 is 1.85 bits per heavy atom. The quantitative estimate of drug-likeness (QED) is 0.600. The second-order valence-electron chi connectivity index (χ2n) is 5.66. The van der Waals surface area contributed by atoms with Crippen molar-refractivity contribution in [1.29, 1.82) is 0 Å². The molecule has 0 saturated heterocycles. The van der Waals surface area contributed by atoms with E-state index >= 15 is 0 Å². The van der Waals surface area contributed by atoms with Gasteiger partial charge in [-0.15, -0.1) is 0 Å². The summed E-state index contributed by atoms with van der Waals surface area (Å²) < 4.78 is 0. The third-order valence-electron chi connectivity index (χ3n) is 3.40. The van der Waals surface area contributed by atoms with Gasteiger partial charge in [0.1, 0.15) is 6.04 Å². The van der Waals surface area contributed by atoms with Crippen LogP contribution in [0.3, 0.4) is 0 Å². The monoisotopic (exact) mass is 287 g/mol.